The molecule has 1 amide bonds. The van der Waals surface area contributed by atoms with Crippen LogP contribution in [0.4, 0.5) is 23.8 Å². The molecule has 0 saturated carbocycles. The highest BCUT2D eigenvalue weighted by Crippen LogP contribution is 2.36. The maximum absolute atomic E-state index is 15.0. The van der Waals surface area contributed by atoms with E-state index in [9.17, 15) is 18.0 Å². The number of benzene rings is 2. The molecule has 1 atom stereocenters. The number of hydrogen-bond acceptors (Lipinski definition) is 7. The summed E-state index contributed by atoms with van der Waals surface area (Å²) in [6.07, 6.45) is -0.308. The summed E-state index contributed by atoms with van der Waals surface area (Å²) in [5.74, 6) is 0.0363. The van der Waals surface area contributed by atoms with Crippen LogP contribution in [0.1, 0.15) is 66.2 Å². The predicted octanol–water partition coefficient (Wildman–Crippen LogP) is 6.75. The lowest BCUT2D eigenvalue weighted by Gasteiger charge is -2.31. The van der Waals surface area contributed by atoms with Crippen molar-refractivity contribution < 1.29 is 22.7 Å². The van der Waals surface area contributed by atoms with Gasteiger partial charge in [-0.2, -0.15) is 0 Å². The fourth-order valence-corrected chi connectivity index (χ4v) is 5.64. The minimum atomic E-state index is -2.92. The number of piperidine rings is 1. The van der Waals surface area contributed by atoms with Crippen molar-refractivity contribution in [3.05, 3.63) is 94.8 Å². The molecule has 12 heteroatoms. The van der Waals surface area contributed by atoms with E-state index in [-0.39, 0.29) is 24.2 Å². The maximum Gasteiger partial charge on any atom is 0.410 e. The molecule has 0 aliphatic carbocycles. The Balaban J connectivity index is 1.26. The molecule has 6 rings (SSSR count). The number of carbonyl (C=O) groups excluding carboxylic acids is 1. The van der Waals surface area contributed by atoms with Crippen LogP contribution in [0.2, 0.25) is 0 Å². The van der Waals surface area contributed by atoms with E-state index in [1.807, 2.05) is 36.4 Å². The molecular weight excluding hydrogens is 559 g/mol. The van der Waals surface area contributed by atoms with Crippen molar-refractivity contribution in [3.63, 3.8) is 0 Å². The topological polar surface area (TPSA) is 97.5 Å². The number of hydrogen-bond donors (Lipinski definition) is 1. The van der Waals surface area contributed by atoms with E-state index in [0.29, 0.717) is 54.3 Å². The lowest BCUT2D eigenvalue weighted by molar-refractivity contribution is 0.0871. The van der Waals surface area contributed by atoms with Crippen LogP contribution in [0.15, 0.2) is 60.9 Å². The summed E-state index contributed by atoms with van der Waals surface area (Å²) in [4.78, 5) is 23.7. The van der Waals surface area contributed by atoms with Crippen LogP contribution in [-0.2, 0) is 11.3 Å². The Bertz CT molecular complexity index is 1770. The summed E-state index contributed by atoms with van der Waals surface area (Å²) in [5, 5.41) is 12.4. The van der Waals surface area contributed by atoms with Gasteiger partial charge >= 0.3 is 6.09 Å². The molecule has 3 aromatic heterocycles. The van der Waals surface area contributed by atoms with Crippen molar-refractivity contribution in [2.24, 2.45) is 0 Å². The number of aryl methyl sites for hydroxylation is 1. The van der Waals surface area contributed by atoms with Crippen molar-refractivity contribution >= 4 is 28.6 Å². The molecule has 1 N–H and O–H groups in total. The molecule has 0 radical (unpaired) electrons. The molecule has 4 heterocycles. The largest absolute Gasteiger partial charge is 0.445 e. The first-order valence-electron chi connectivity index (χ1n) is 14.1. The number of carbonyl (C=O) groups is 1. The highest BCUT2D eigenvalue weighted by molar-refractivity contribution is 5.90. The van der Waals surface area contributed by atoms with Gasteiger partial charge in [0.1, 0.15) is 30.4 Å². The van der Waals surface area contributed by atoms with Gasteiger partial charge in [-0.15, -0.1) is 10.2 Å². The van der Waals surface area contributed by atoms with Crippen LogP contribution < -0.4 is 5.32 Å². The van der Waals surface area contributed by atoms with E-state index in [1.165, 1.54) is 12.1 Å². The molecule has 0 bridgehead atoms. The molecule has 5 aromatic rings. The minimum Gasteiger partial charge on any atom is -0.445 e. The van der Waals surface area contributed by atoms with Crippen molar-refractivity contribution in [2.45, 2.75) is 51.7 Å². The Morgan fingerprint density at radius 2 is 1.79 bits per heavy atom. The smallest absolute Gasteiger partial charge is 0.410 e. The second-order valence-electron chi connectivity index (χ2n) is 10.7. The van der Waals surface area contributed by atoms with Gasteiger partial charge in [0.25, 0.3) is 6.43 Å². The summed E-state index contributed by atoms with van der Waals surface area (Å²) in [7, 11) is 0. The first kappa shape index (κ1) is 28.4. The number of ether oxygens (including phenoxy) is 1. The van der Waals surface area contributed by atoms with Gasteiger partial charge in [-0.25, -0.2) is 27.9 Å². The van der Waals surface area contributed by atoms with Gasteiger partial charge in [-0.05, 0) is 44.2 Å². The Morgan fingerprint density at radius 3 is 2.53 bits per heavy atom. The fraction of sp³-hybridized carbons (Fsp3) is 0.323. The summed E-state index contributed by atoms with van der Waals surface area (Å²) >= 11 is 0. The van der Waals surface area contributed by atoms with E-state index in [0.717, 1.165) is 17.2 Å². The average molecular weight is 590 g/mol. The molecule has 9 nitrogen and oxygen atoms in total. The maximum atomic E-state index is 15.0. The first-order chi connectivity index (χ1) is 20.8. The average Bonchev–Trinajstić information content (AvgIpc) is 3.51. The first-order valence-corrected chi connectivity index (χ1v) is 14.1. The van der Waals surface area contributed by atoms with E-state index in [2.05, 4.69) is 25.5 Å². The Kier molecular flexibility index (Phi) is 7.83. The lowest BCUT2D eigenvalue weighted by atomic mass is 9.89. The quantitative estimate of drug-likeness (QED) is 0.224. The van der Waals surface area contributed by atoms with E-state index in [4.69, 9.17) is 4.74 Å². The number of fused-ring (bicyclic) bond motifs is 3. The zero-order chi connectivity index (χ0) is 30.1. The van der Waals surface area contributed by atoms with Crippen LogP contribution in [-0.4, -0.2) is 48.6 Å². The number of pyridine rings is 1. The molecule has 222 valence electrons. The highest BCUT2D eigenvalue weighted by atomic mass is 19.3. The number of amides is 1. The van der Waals surface area contributed by atoms with Crippen molar-refractivity contribution in [3.8, 4) is 0 Å². The normalized spacial score (nSPS) is 14.9. The number of rotatable bonds is 7. The highest BCUT2D eigenvalue weighted by Gasteiger charge is 2.28. The van der Waals surface area contributed by atoms with Gasteiger partial charge in [0.15, 0.2) is 11.3 Å². The summed E-state index contributed by atoms with van der Waals surface area (Å²) in [5.41, 5.74) is 2.55. The zero-order valence-corrected chi connectivity index (χ0v) is 23.7. The van der Waals surface area contributed by atoms with Gasteiger partial charge in [0.2, 0.25) is 0 Å². The number of likely N-dealkylation sites (tertiary alicyclic amines) is 1. The molecule has 43 heavy (non-hydrogen) atoms. The van der Waals surface area contributed by atoms with Gasteiger partial charge in [0, 0.05) is 24.2 Å². The molecule has 1 fully saturated rings. The summed E-state index contributed by atoms with van der Waals surface area (Å²) in [6, 6.07) is 14.8. The van der Waals surface area contributed by atoms with Gasteiger partial charge in [-0.1, -0.05) is 48.5 Å². The number of nitrogens with zero attached hydrogens (tertiary/aromatic N) is 6. The molecule has 0 unspecified atom stereocenters. The van der Waals surface area contributed by atoms with Crippen molar-refractivity contribution in [1.29, 1.82) is 0 Å². The third-order valence-corrected chi connectivity index (χ3v) is 7.88. The number of nitrogens with one attached hydrogen (secondary N) is 1. The van der Waals surface area contributed by atoms with Gasteiger partial charge in [0.05, 0.1) is 17.0 Å². The standard InChI is InChI=1S/C31H30F3N7O2/c1-18(22-9-6-10-23(26(22)32)27(33)34)36-28-25-15-24(30-39-35-17-41(30)29(25)38-19(2)37-28)21-11-13-40(14-12-21)31(42)43-16-20-7-4-3-5-8-20/h3-10,15,17-18,21,27H,11-14,16H2,1-2H3,(H,36,37,38)/t18-/m1/s1. The fourth-order valence-electron chi connectivity index (χ4n) is 5.64. The third kappa shape index (κ3) is 5.69. The Morgan fingerprint density at radius 1 is 1.05 bits per heavy atom. The summed E-state index contributed by atoms with van der Waals surface area (Å²) in [6.45, 7) is 4.69. The molecule has 1 aliphatic heterocycles. The van der Waals surface area contributed by atoms with Crippen LogP contribution in [0, 0.1) is 12.7 Å². The monoisotopic (exact) mass is 589 g/mol. The predicted molar refractivity (Wildman–Crippen MR) is 154 cm³/mol. The lowest BCUT2D eigenvalue weighted by Crippen LogP contribution is -2.38. The number of aromatic nitrogens is 5. The zero-order valence-electron chi connectivity index (χ0n) is 23.7. The molecule has 1 aliphatic rings. The van der Waals surface area contributed by atoms with E-state index in [1.54, 1.807) is 29.5 Å². The second kappa shape index (κ2) is 11.9. The molecular formula is C31H30F3N7O2. The summed E-state index contributed by atoms with van der Waals surface area (Å²) < 4.78 is 49.0. The Hall–Kier alpha value is -4.74. The van der Waals surface area contributed by atoms with E-state index < -0.39 is 23.8 Å². The molecule has 2 aromatic carbocycles. The van der Waals surface area contributed by atoms with Crippen LogP contribution >= 0.6 is 0 Å². The van der Waals surface area contributed by atoms with Gasteiger partial charge in [-0.3, -0.25) is 4.40 Å². The van der Waals surface area contributed by atoms with Crippen molar-refractivity contribution in [2.75, 3.05) is 18.4 Å². The number of halogens is 3. The minimum absolute atomic E-state index is 0.0704. The Labute approximate surface area is 245 Å². The van der Waals surface area contributed by atoms with Crippen LogP contribution in [0.5, 0.6) is 0 Å². The molecule has 0 spiro atoms. The number of alkyl halides is 2. The third-order valence-electron chi connectivity index (χ3n) is 7.88. The van der Waals surface area contributed by atoms with Gasteiger partial charge < -0.3 is 15.0 Å². The van der Waals surface area contributed by atoms with Crippen LogP contribution in [0.3, 0.4) is 0 Å². The number of anilines is 1. The van der Waals surface area contributed by atoms with Crippen LogP contribution in [0.25, 0.3) is 16.7 Å². The molecule has 1 saturated heterocycles. The van der Waals surface area contributed by atoms with Crippen molar-refractivity contribution in [1.82, 2.24) is 29.5 Å². The SMILES string of the molecule is Cc1nc(N[C@H](C)c2cccc(C(F)F)c2F)c2cc(C3CCN(C(=O)OCc4ccccc4)CC3)c3nncn3c2n1. The van der Waals surface area contributed by atoms with E-state index >= 15 is 0 Å². The second-order valence-corrected chi connectivity index (χ2v) is 10.7.